The maximum Gasteiger partial charge on any atom is 0.261 e. The van der Waals surface area contributed by atoms with Crippen LogP contribution in [0.25, 0.3) is 0 Å². The summed E-state index contributed by atoms with van der Waals surface area (Å²) in [5, 5.41) is 2.49. The van der Waals surface area contributed by atoms with Crippen LogP contribution in [-0.2, 0) is 0 Å². The molecule has 20 heavy (non-hydrogen) atoms. The third kappa shape index (κ3) is 3.35. The van der Waals surface area contributed by atoms with Crippen molar-refractivity contribution >= 4 is 50.1 Å². The number of rotatable bonds is 2. The van der Waals surface area contributed by atoms with Crippen LogP contribution in [0.5, 0.6) is 0 Å². The number of hydrogen-bond acceptors (Lipinski definition) is 1. The molecule has 1 amide bonds. The molecule has 0 saturated carbocycles. The van der Waals surface area contributed by atoms with E-state index in [-0.39, 0.29) is 4.47 Å². The highest BCUT2D eigenvalue weighted by molar-refractivity contribution is 14.1. The zero-order chi connectivity index (χ0) is 14.9. The lowest BCUT2D eigenvalue weighted by Gasteiger charge is -2.09. The summed E-state index contributed by atoms with van der Waals surface area (Å²) in [6.07, 6.45) is 0. The van der Waals surface area contributed by atoms with Gasteiger partial charge in [-0.2, -0.15) is 0 Å². The Morgan fingerprint density at radius 3 is 2.35 bits per heavy atom. The molecule has 0 fully saturated rings. The van der Waals surface area contributed by atoms with Crippen molar-refractivity contribution in [1.29, 1.82) is 0 Å². The summed E-state index contributed by atoms with van der Waals surface area (Å²) < 4.78 is 28.6. The molecule has 0 spiro atoms. The lowest BCUT2D eigenvalue weighted by molar-refractivity contribution is 0.101. The normalized spacial score (nSPS) is 10.4. The van der Waals surface area contributed by atoms with Gasteiger partial charge in [0, 0.05) is 13.7 Å². The van der Waals surface area contributed by atoms with Crippen LogP contribution in [0.1, 0.15) is 15.9 Å². The average Bonchev–Trinajstić information content (AvgIpc) is 2.32. The Morgan fingerprint density at radius 2 is 1.80 bits per heavy atom. The predicted octanol–water partition coefficient (Wildman–Crippen LogP) is 4.89. The van der Waals surface area contributed by atoms with E-state index in [0.717, 1.165) is 21.3 Å². The highest BCUT2D eigenvalue weighted by atomic mass is 127. The summed E-state index contributed by atoms with van der Waals surface area (Å²) in [6.45, 7) is 1.93. The largest absolute Gasteiger partial charge is 0.322 e. The van der Waals surface area contributed by atoms with Gasteiger partial charge in [-0.25, -0.2) is 8.78 Å². The molecule has 0 radical (unpaired) electrons. The molecular weight excluding hydrogens is 443 g/mol. The van der Waals surface area contributed by atoms with E-state index in [0.29, 0.717) is 5.69 Å². The highest BCUT2D eigenvalue weighted by Crippen LogP contribution is 2.22. The van der Waals surface area contributed by atoms with Crippen LogP contribution < -0.4 is 5.32 Å². The van der Waals surface area contributed by atoms with Gasteiger partial charge in [0.05, 0.1) is 0 Å². The summed E-state index contributed by atoms with van der Waals surface area (Å²) >= 11 is 5.09. The van der Waals surface area contributed by atoms with Gasteiger partial charge in [0.1, 0.15) is 17.2 Å². The van der Waals surface area contributed by atoms with E-state index in [2.05, 4.69) is 43.8 Å². The molecule has 0 aromatic heterocycles. The summed E-state index contributed by atoms with van der Waals surface area (Å²) in [6, 6.07) is 7.35. The summed E-state index contributed by atoms with van der Waals surface area (Å²) in [4.78, 5) is 12.0. The van der Waals surface area contributed by atoms with Gasteiger partial charge in [-0.15, -0.1) is 0 Å². The van der Waals surface area contributed by atoms with Crippen molar-refractivity contribution in [2.24, 2.45) is 0 Å². The molecular formula is C14H9BrF2INO. The number of nitrogens with one attached hydrogen (secondary N) is 1. The standard InChI is InChI=1S/C14H9BrF2INO/c1-7-2-3-9(6-12(7)18)19-14(20)13-10(16)4-8(15)5-11(13)17/h2-6H,1H3,(H,19,20). The molecule has 0 aliphatic heterocycles. The molecule has 0 bridgehead atoms. The minimum Gasteiger partial charge on any atom is -0.322 e. The first-order valence-corrected chi connectivity index (χ1v) is 7.47. The van der Waals surface area contributed by atoms with E-state index in [1.165, 1.54) is 0 Å². The number of carbonyl (C=O) groups excluding carboxylic acids is 1. The first kappa shape index (κ1) is 15.4. The van der Waals surface area contributed by atoms with Crippen LogP contribution in [0.2, 0.25) is 0 Å². The van der Waals surface area contributed by atoms with E-state index in [1.54, 1.807) is 12.1 Å². The Morgan fingerprint density at radius 1 is 1.20 bits per heavy atom. The Balaban J connectivity index is 2.31. The first-order valence-electron chi connectivity index (χ1n) is 5.60. The fourth-order valence-electron chi connectivity index (χ4n) is 1.62. The molecule has 1 N–H and O–H groups in total. The number of carbonyl (C=O) groups is 1. The van der Waals surface area contributed by atoms with E-state index >= 15 is 0 Å². The second-order valence-electron chi connectivity index (χ2n) is 4.16. The summed E-state index contributed by atoms with van der Waals surface area (Å²) in [7, 11) is 0. The van der Waals surface area contributed by atoms with E-state index in [1.807, 2.05) is 13.0 Å². The molecule has 0 aliphatic rings. The van der Waals surface area contributed by atoms with Gasteiger partial charge in [-0.05, 0) is 59.3 Å². The zero-order valence-electron chi connectivity index (χ0n) is 10.3. The van der Waals surface area contributed by atoms with Gasteiger partial charge in [0.25, 0.3) is 5.91 Å². The highest BCUT2D eigenvalue weighted by Gasteiger charge is 2.18. The molecule has 0 aliphatic carbocycles. The number of anilines is 1. The number of hydrogen-bond donors (Lipinski definition) is 1. The van der Waals surface area contributed by atoms with Crippen molar-refractivity contribution < 1.29 is 13.6 Å². The molecule has 2 aromatic rings. The average molecular weight is 452 g/mol. The van der Waals surface area contributed by atoms with Crippen molar-refractivity contribution in [2.75, 3.05) is 5.32 Å². The Hall–Kier alpha value is -1.02. The predicted molar refractivity (Wildman–Crippen MR) is 85.9 cm³/mol. The Labute approximate surface area is 136 Å². The fraction of sp³-hybridized carbons (Fsp3) is 0.0714. The van der Waals surface area contributed by atoms with E-state index < -0.39 is 23.1 Å². The molecule has 0 unspecified atom stereocenters. The van der Waals surface area contributed by atoms with E-state index in [9.17, 15) is 13.6 Å². The third-order valence-electron chi connectivity index (χ3n) is 2.66. The minimum absolute atomic E-state index is 0.244. The lowest BCUT2D eigenvalue weighted by atomic mass is 10.1. The van der Waals surface area contributed by atoms with Crippen LogP contribution in [-0.4, -0.2) is 5.91 Å². The number of amides is 1. The van der Waals surface area contributed by atoms with Gasteiger partial charge in [0.15, 0.2) is 0 Å². The second-order valence-corrected chi connectivity index (χ2v) is 6.24. The van der Waals surface area contributed by atoms with Crippen molar-refractivity contribution in [1.82, 2.24) is 0 Å². The van der Waals surface area contributed by atoms with Crippen LogP contribution in [0.3, 0.4) is 0 Å². The van der Waals surface area contributed by atoms with Crippen molar-refractivity contribution in [3.05, 3.63) is 61.1 Å². The molecule has 0 saturated heterocycles. The zero-order valence-corrected chi connectivity index (χ0v) is 14.1. The molecule has 104 valence electrons. The Bertz CT molecular complexity index is 668. The lowest BCUT2D eigenvalue weighted by Crippen LogP contribution is -2.16. The van der Waals surface area contributed by atoms with E-state index in [4.69, 9.17) is 0 Å². The van der Waals surface area contributed by atoms with Crippen molar-refractivity contribution in [3.8, 4) is 0 Å². The van der Waals surface area contributed by atoms with Crippen LogP contribution in [0.4, 0.5) is 14.5 Å². The van der Waals surface area contributed by atoms with Crippen molar-refractivity contribution in [3.63, 3.8) is 0 Å². The maximum atomic E-state index is 13.7. The Kier molecular flexibility index (Phi) is 4.74. The van der Waals surface area contributed by atoms with Gasteiger partial charge in [-0.3, -0.25) is 4.79 Å². The quantitative estimate of drug-likeness (QED) is 0.647. The second kappa shape index (κ2) is 6.17. The number of benzene rings is 2. The van der Waals surface area contributed by atoms with Gasteiger partial charge in [0.2, 0.25) is 0 Å². The molecule has 0 atom stereocenters. The summed E-state index contributed by atoms with van der Waals surface area (Å²) in [5.41, 5.74) is 0.958. The van der Waals surface area contributed by atoms with Crippen LogP contribution in [0.15, 0.2) is 34.8 Å². The minimum atomic E-state index is -0.906. The molecule has 0 heterocycles. The molecule has 2 aromatic carbocycles. The first-order chi connectivity index (χ1) is 9.38. The topological polar surface area (TPSA) is 29.1 Å². The molecule has 2 nitrogen and oxygen atoms in total. The van der Waals surface area contributed by atoms with Gasteiger partial charge < -0.3 is 5.32 Å². The molecule has 6 heteroatoms. The molecule has 2 rings (SSSR count). The SMILES string of the molecule is Cc1ccc(NC(=O)c2c(F)cc(Br)cc2F)cc1I. The fourth-order valence-corrected chi connectivity index (χ4v) is 2.54. The van der Waals surface area contributed by atoms with Gasteiger partial charge >= 0.3 is 0 Å². The third-order valence-corrected chi connectivity index (χ3v) is 4.28. The smallest absolute Gasteiger partial charge is 0.261 e. The number of aryl methyl sites for hydroxylation is 1. The number of halogens is 4. The maximum absolute atomic E-state index is 13.7. The van der Waals surface area contributed by atoms with Crippen LogP contribution >= 0.6 is 38.5 Å². The monoisotopic (exact) mass is 451 g/mol. The van der Waals surface area contributed by atoms with Crippen molar-refractivity contribution in [2.45, 2.75) is 6.92 Å². The summed E-state index contributed by atoms with van der Waals surface area (Å²) in [5.74, 6) is -2.63. The van der Waals surface area contributed by atoms with Gasteiger partial charge in [-0.1, -0.05) is 22.0 Å². The van der Waals surface area contributed by atoms with Crippen LogP contribution in [0, 0.1) is 22.1 Å².